The number of thioether (sulfide) groups is 1. The Kier molecular flexibility index (Phi) is 5.24. The van der Waals surface area contributed by atoms with Crippen LogP contribution in [0.1, 0.15) is 23.3 Å². The van der Waals surface area contributed by atoms with Crippen LogP contribution in [0.4, 0.5) is 0 Å². The van der Waals surface area contributed by atoms with Gasteiger partial charge in [-0.2, -0.15) is 0 Å². The number of esters is 1. The summed E-state index contributed by atoms with van der Waals surface area (Å²) in [4.78, 5) is 13.3. The first-order valence-corrected chi connectivity index (χ1v) is 7.53. The molecular weight excluding hydrogens is 268 g/mol. The van der Waals surface area contributed by atoms with Crippen LogP contribution >= 0.6 is 11.8 Å². The van der Waals surface area contributed by atoms with Gasteiger partial charge in [-0.25, -0.2) is 0 Å². The standard InChI is InChI=1S/C17H18O2S/c1-3-19-17(18)16(14-11-9-13(2)10-12-14)20-15-7-5-4-6-8-15/h4-12,16H,3H2,1-2H3. The summed E-state index contributed by atoms with van der Waals surface area (Å²) in [6.07, 6.45) is 0. The third kappa shape index (κ3) is 3.87. The van der Waals surface area contributed by atoms with Gasteiger partial charge in [0.2, 0.25) is 0 Å². The Morgan fingerprint density at radius 2 is 1.75 bits per heavy atom. The largest absolute Gasteiger partial charge is 0.465 e. The fourth-order valence-corrected chi connectivity index (χ4v) is 2.89. The summed E-state index contributed by atoms with van der Waals surface area (Å²) in [6.45, 7) is 4.27. The maximum Gasteiger partial charge on any atom is 0.323 e. The second-order valence-electron chi connectivity index (χ2n) is 4.47. The summed E-state index contributed by atoms with van der Waals surface area (Å²) >= 11 is 1.52. The van der Waals surface area contributed by atoms with E-state index in [4.69, 9.17) is 4.74 Å². The Balaban J connectivity index is 2.25. The molecule has 0 spiro atoms. The van der Waals surface area contributed by atoms with Gasteiger partial charge in [-0.3, -0.25) is 4.79 Å². The fourth-order valence-electron chi connectivity index (χ4n) is 1.85. The first kappa shape index (κ1) is 14.7. The molecule has 2 aromatic carbocycles. The Labute approximate surface area is 124 Å². The van der Waals surface area contributed by atoms with Gasteiger partial charge in [-0.05, 0) is 31.5 Å². The third-order valence-electron chi connectivity index (χ3n) is 2.88. The summed E-state index contributed by atoms with van der Waals surface area (Å²) in [5.74, 6) is -0.190. The Hall–Kier alpha value is -1.74. The SMILES string of the molecule is CCOC(=O)C(Sc1ccccc1)c1ccc(C)cc1. The molecule has 0 aliphatic rings. The van der Waals surface area contributed by atoms with Crippen molar-refractivity contribution < 1.29 is 9.53 Å². The topological polar surface area (TPSA) is 26.3 Å². The van der Waals surface area contributed by atoms with Crippen LogP contribution in [0.5, 0.6) is 0 Å². The van der Waals surface area contributed by atoms with Crippen molar-refractivity contribution in [2.75, 3.05) is 6.61 Å². The van der Waals surface area contributed by atoms with Crippen molar-refractivity contribution in [3.63, 3.8) is 0 Å². The minimum atomic E-state index is -0.321. The van der Waals surface area contributed by atoms with Crippen LogP contribution in [-0.2, 0) is 9.53 Å². The van der Waals surface area contributed by atoms with Crippen molar-refractivity contribution >= 4 is 17.7 Å². The van der Waals surface area contributed by atoms with E-state index >= 15 is 0 Å². The summed E-state index contributed by atoms with van der Waals surface area (Å²) < 4.78 is 5.20. The Bertz CT molecular complexity index is 549. The highest BCUT2D eigenvalue weighted by atomic mass is 32.2. The molecule has 0 aliphatic heterocycles. The zero-order chi connectivity index (χ0) is 14.4. The lowest BCUT2D eigenvalue weighted by Crippen LogP contribution is -2.13. The zero-order valence-electron chi connectivity index (χ0n) is 11.7. The lowest BCUT2D eigenvalue weighted by molar-refractivity contribution is -0.142. The summed E-state index contributed by atoms with van der Waals surface area (Å²) in [5, 5.41) is -0.321. The molecule has 104 valence electrons. The lowest BCUT2D eigenvalue weighted by Gasteiger charge is -2.16. The molecule has 0 fully saturated rings. The molecule has 0 saturated heterocycles. The van der Waals surface area contributed by atoms with E-state index in [0.29, 0.717) is 6.61 Å². The van der Waals surface area contributed by atoms with Gasteiger partial charge in [0.1, 0.15) is 5.25 Å². The molecule has 2 rings (SSSR count). The molecule has 1 unspecified atom stereocenters. The van der Waals surface area contributed by atoms with E-state index in [1.165, 1.54) is 17.3 Å². The second-order valence-corrected chi connectivity index (χ2v) is 5.65. The predicted octanol–water partition coefficient (Wildman–Crippen LogP) is 4.39. The average molecular weight is 286 g/mol. The molecule has 2 aromatic rings. The van der Waals surface area contributed by atoms with Gasteiger partial charge in [0.15, 0.2) is 0 Å². The van der Waals surface area contributed by atoms with E-state index in [1.54, 1.807) is 0 Å². The van der Waals surface area contributed by atoms with Crippen molar-refractivity contribution in [3.05, 3.63) is 65.7 Å². The van der Waals surface area contributed by atoms with Crippen LogP contribution in [0.3, 0.4) is 0 Å². The molecule has 0 aromatic heterocycles. The third-order valence-corrected chi connectivity index (χ3v) is 4.12. The van der Waals surface area contributed by atoms with Gasteiger partial charge in [-0.15, -0.1) is 11.8 Å². The molecule has 1 atom stereocenters. The Morgan fingerprint density at radius 3 is 2.35 bits per heavy atom. The number of carbonyl (C=O) groups excluding carboxylic acids is 1. The van der Waals surface area contributed by atoms with Crippen molar-refractivity contribution in [2.24, 2.45) is 0 Å². The summed E-state index contributed by atoms with van der Waals surface area (Å²) in [7, 11) is 0. The first-order valence-electron chi connectivity index (χ1n) is 6.65. The van der Waals surface area contributed by atoms with E-state index in [-0.39, 0.29) is 11.2 Å². The maximum absolute atomic E-state index is 12.2. The van der Waals surface area contributed by atoms with Crippen LogP contribution in [-0.4, -0.2) is 12.6 Å². The van der Waals surface area contributed by atoms with Crippen LogP contribution in [0, 0.1) is 6.92 Å². The summed E-state index contributed by atoms with van der Waals surface area (Å²) in [5.41, 5.74) is 2.16. The molecule has 20 heavy (non-hydrogen) atoms. The number of carbonyl (C=O) groups is 1. The predicted molar refractivity (Wildman–Crippen MR) is 82.9 cm³/mol. The fraction of sp³-hybridized carbons (Fsp3) is 0.235. The van der Waals surface area contributed by atoms with Gasteiger partial charge in [0.25, 0.3) is 0 Å². The second kappa shape index (κ2) is 7.15. The minimum absolute atomic E-state index is 0.190. The van der Waals surface area contributed by atoms with Gasteiger partial charge in [-0.1, -0.05) is 48.0 Å². The minimum Gasteiger partial charge on any atom is -0.465 e. The molecule has 0 heterocycles. The van der Waals surface area contributed by atoms with Gasteiger partial charge < -0.3 is 4.74 Å². The average Bonchev–Trinajstić information content (AvgIpc) is 2.47. The lowest BCUT2D eigenvalue weighted by atomic mass is 10.1. The van der Waals surface area contributed by atoms with E-state index < -0.39 is 0 Å². The number of hydrogen-bond donors (Lipinski definition) is 0. The van der Waals surface area contributed by atoms with Crippen molar-refractivity contribution in [3.8, 4) is 0 Å². The van der Waals surface area contributed by atoms with Crippen LogP contribution in [0.2, 0.25) is 0 Å². The molecule has 0 N–H and O–H groups in total. The van der Waals surface area contributed by atoms with Crippen LogP contribution < -0.4 is 0 Å². The zero-order valence-corrected chi connectivity index (χ0v) is 12.5. The number of aryl methyl sites for hydroxylation is 1. The van der Waals surface area contributed by atoms with Crippen LogP contribution in [0.25, 0.3) is 0 Å². The van der Waals surface area contributed by atoms with Crippen molar-refractivity contribution in [2.45, 2.75) is 24.0 Å². The van der Waals surface area contributed by atoms with Gasteiger partial charge in [0.05, 0.1) is 6.61 Å². The molecule has 0 saturated carbocycles. The van der Waals surface area contributed by atoms with E-state index in [1.807, 2.05) is 68.4 Å². The highest BCUT2D eigenvalue weighted by Gasteiger charge is 2.23. The van der Waals surface area contributed by atoms with Crippen LogP contribution in [0.15, 0.2) is 59.5 Å². The normalized spacial score (nSPS) is 11.9. The van der Waals surface area contributed by atoms with E-state index in [9.17, 15) is 4.79 Å². The number of hydrogen-bond acceptors (Lipinski definition) is 3. The number of rotatable bonds is 5. The maximum atomic E-state index is 12.2. The number of ether oxygens (including phenoxy) is 1. The van der Waals surface area contributed by atoms with E-state index in [0.717, 1.165) is 10.5 Å². The molecule has 3 heteroatoms. The number of benzene rings is 2. The molecule has 0 aliphatic carbocycles. The highest BCUT2D eigenvalue weighted by molar-refractivity contribution is 8.00. The molecule has 2 nitrogen and oxygen atoms in total. The highest BCUT2D eigenvalue weighted by Crippen LogP contribution is 2.36. The monoisotopic (exact) mass is 286 g/mol. The molecule has 0 bridgehead atoms. The molecule has 0 amide bonds. The van der Waals surface area contributed by atoms with E-state index in [2.05, 4.69) is 0 Å². The van der Waals surface area contributed by atoms with Gasteiger partial charge in [0, 0.05) is 4.90 Å². The quantitative estimate of drug-likeness (QED) is 0.602. The molecular formula is C17H18O2S. The summed E-state index contributed by atoms with van der Waals surface area (Å²) in [6, 6.07) is 17.9. The van der Waals surface area contributed by atoms with Crippen molar-refractivity contribution in [1.82, 2.24) is 0 Å². The Morgan fingerprint density at radius 1 is 1.10 bits per heavy atom. The molecule has 0 radical (unpaired) electrons. The first-order chi connectivity index (χ1) is 9.70. The van der Waals surface area contributed by atoms with Gasteiger partial charge >= 0.3 is 5.97 Å². The smallest absolute Gasteiger partial charge is 0.323 e. The van der Waals surface area contributed by atoms with Crippen molar-refractivity contribution in [1.29, 1.82) is 0 Å².